The molecule has 0 saturated carbocycles. The van der Waals surface area contributed by atoms with Crippen molar-refractivity contribution in [3.8, 4) is 11.3 Å². The van der Waals surface area contributed by atoms with Gasteiger partial charge in [0.15, 0.2) is 6.29 Å². The third-order valence-electron chi connectivity index (χ3n) is 2.47. The lowest BCUT2D eigenvalue weighted by molar-refractivity contribution is 0.112. The fourth-order valence-corrected chi connectivity index (χ4v) is 2.28. The Morgan fingerprint density at radius 1 is 1.26 bits per heavy atom. The van der Waals surface area contributed by atoms with Crippen molar-refractivity contribution in [1.29, 1.82) is 0 Å². The SMILES string of the molecule is Cc1ccc(-c2nc(/N=C/N(C)C)sc2C=O)cc1. The fourth-order valence-electron chi connectivity index (χ4n) is 1.54. The molecule has 0 atom stereocenters. The second-order valence-corrected chi connectivity index (χ2v) is 5.41. The number of nitrogens with zero attached hydrogens (tertiary/aromatic N) is 3. The van der Waals surface area contributed by atoms with E-state index in [-0.39, 0.29) is 0 Å². The van der Waals surface area contributed by atoms with Gasteiger partial charge >= 0.3 is 0 Å². The van der Waals surface area contributed by atoms with Gasteiger partial charge in [0.1, 0.15) is 0 Å². The lowest BCUT2D eigenvalue weighted by atomic mass is 10.1. The Kier molecular flexibility index (Phi) is 4.06. The number of aromatic nitrogens is 1. The van der Waals surface area contributed by atoms with Crippen LogP contribution in [0.4, 0.5) is 5.13 Å². The minimum absolute atomic E-state index is 0.589. The molecule has 19 heavy (non-hydrogen) atoms. The zero-order chi connectivity index (χ0) is 13.8. The van der Waals surface area contributed by atoms with Gasteiger partial charge in [0, 0.05) is 19.7 Å². The summed E-state index contributed by atoms with van der Waals surface area (Å²) in [5, 5.41) is 0.589. The lowest BCUT2D eigenvalue weighted by Gasteiger charge is -2.00. The number of hydrogen-bond acceptors (Lipinski definition) is 4. The van der Waals surface area contributed by atoms with Gasteiger partial charge in [-0.15, -0.1) is 0 Å². The number of carbonyl (C=O) groups excluding carboxylic acids is 1. The Bertz CT molecular complexity index is 600. The largest absolute Gasteiger partial charge is 0.369 e. The third kappa shape index (κ3) is 3.26. The Morgan fingerprint density at radius 2 is 1.95 bits per heavy atom. The Balaban J connectivity index is 2.39. The Morgan fingerprint density at radius 3 is 2.53 bits per heavy atom. The van der Waals surface area contributed by atoms with Crippen LogP contribution in [-0.2, 0) is 0 Å². The topological polar surface area (TPSA) is 45.6 Å². The quantitative estimate of drug-likeness (QED) is 0.488. The van der Waals surface area contributed by atoms with Crippen LogP contribution in [0.15, 0.2) is 29.3 Å². The molecule has 0 spiro atoms. The van der Waals surface area contributed by atoms with Crippen molar-refractivity contribution in [3.05, 3.63) is 34.7 Å². The average Bonchev–Trinajstić information content (AvgIpc) is 2.80. The maximum Gasteiger partial charge on any atom is 0.211 e. The summed E-state index contributed by atoms with van der Waals surface area (Å²) in [4.78, 5) is 22.2. The molecule has 0 saturated heterocycles. The first-order valence-corrected chi connectivity index (χ1v) is 6.65. The monoisotopic (exact) mass is 273 g/mol. The van der Waals surface area contributed by atoms with E-state index in [1.54, 1.807) is 6.34 Å². The van der Waals surface area contributed by atoms with E-state index in [2.05, 4.69) is 9.98 Å². The van der Waals surface area contributed by atoms with E-state index in [1.807, 2.05) is 50.2 Å². The molecule has 2 aromatic rings. The number of aryl methyl sites for hydroxylation is 1. The average molecular weight is 273 g/mol. The number of carbonyl (C=O) groups is 1. The molecular formula is C14H15N3OS. The molecular weight excluding hydrogens is 258 g/mol. The molecule has 1 aromatic heterocycles. The van der Waals surface area contributed by atoms with Gasteiger partial charge in [-0.3, -0.25) is 4.79 Å². The van der Waals surface area contributed by atoms with Crippen LogP contribution in [0.2, 0.25) is 0 Å². The molecule has 0 radical (unpaired) electrons. The van der Waals surface area contributed by atoms with Crippen LogP contribution in [0.25, 0.3) is 11.3 Å². The first kappa shape index (κ1) is 13.4. The summed E-state index contributed by atoms with van der Waals surface area (Å²) in [7, 11) is 3.78. The van der Waals surface area contributed by atoms with E-state index in [4.69, 9.17) is 0 Å². The highest BCUT2D eigenvalue weighted by molar-refractivity contribution is 7.17. The maximum atomic E-state index is 11.1. The van der Waals surface area contributed by atoms with Gasteiger partial charge in [-0.25, -0.2) is 9.98 Å². The number of benzene rings is 1. The van der Waals surface area contributed by atoms with E-state index in [0.29, 0.717) is 15.7 Å². The standard InChI is InChI=1S/C14H15N3OS/c1-10-4-6-11(7-5-10)13-12(8-18)19-14(16-13)15-9-17(2)3/h4-9H,1-3H3/b15-9+. The molecule has 0 unspecified atom stereocenters. The van der Waals surface area contributed by atoms with Gasteiger partial charge in [0.2, 0.25) is 5.13 Å². The van der Waals surface area contributed by atoms with Crippen molar-refractivity contribution >= 4 is 29.1 Å². The van der Waals surface area contributed by atoms with Crippen molar-refractivity contribution in [3.63, 3.8) is 0 Å². The molecule has 0 aliphatic rings. The summed E-state index contributed by atoms with van der Waals surface area (Å²) in [5.41, 5.74) is 2.82. The van der Waals surface area contributed by atoms with Crippen molar-refractivity contribution in [1.82, 2.24) is 9.88 Å². The van der Waals surface area contributed by atoms with Gasteiger partial charge in [0.05, 0.1) is 16.9 Å². The lowest BCUT2D eigenvalue weighted by Crippen LogP contribution is -2.06. The van der Waals surface area contributed by atoms with Crippen LogP contribution >= 0.6 is 11.3 Å². The minimum atomic E-state index is 0.589. The summed E-state index contributed by atoms with van der Waals surface area (Å²) < 4.78 is 0. The minimum Gasteiger partial charge on any atom is -0.369 e. The molecule has 2 rings (SSSR count). The first-order valence-electron chi connectivity index (χ1n) is 5.84. The van der Waals surface area contributed by atoms with Crippen molar-refractivity contribution in [2.24, 2.45) is 4.99 Å². The predicted octanol–water partition coefficient (Wildman–Crippen LogP) is 3.15. The van der Waals surface area contributed by atoms with E-state index in [0.717, 1.165) is 11.8 Å². The smallest absolute Gasteiger partial charge is 0.211 e. The van der Waals surface area contributed by atoms with Gasteiger partial charge in [-0.05, 0) is 6.92 Å². The van der Waals surface area contributed by atoms with Crippen LogP contribution < -0.4 is 0 Å². The van der Waals surface area contributed by atoms with Crippen LogP contribution in [0.1, 0.15) is 15.2 Å². The maximum absolute atomic E-state index is 11.1. The molecule has 0 N–H and O–H groups in total. The van der Waals surface area contributed by atoms with E-state index in [9.17, 15) is 4.79 Å². The van der Waals surface area contributed by atoms with Crippen LogP contribution in [0, 0.1) is 6.92 Å². The van der Waals surface area contributed by atoms with E-state index >= 15 is 0 Å². The Labute approximate surface area is 116 Å². The summed E-state index contributed by atoms with van der Waals surface area (Å²) in [5.74, 6) is 0. The highest BCUT2D eigenvalue weighted by atomic mass is 32.1. The summed E-state index contributed by atoms with van der Waals surface area (Å²) in [6, 6.07) is 7.95. The molecule has 0 fully saturated rings. The zero-order valence-electron chi connectivity index (χ0n) is 11.1. The Hall–Kier alpha value is -2.01. The molecule has 4 nitrogen and oxygen atoms in total. The van der Waals surface area contributed by atoms with Crippen molar-refractivity contribution in [2.45, 2.75) is 6.92 Å². The first-order chi connectivity index (χ1) is 9.10. The highest BCUT2D eigenvalue weighted by Gasteiger charge is 2.11. The number of aldehydes is 1. The molecule has 1 aromatic carbocycles. The molecule has 0 bridgehead atoms. The molecule has 5 heteroatoms. The highest BCUT2D eigenvalue weighted by Crippen LogP contribution is 2.31. The predicted molar refractivity (Wildman–Crippen MR) is 79.5 cm³/mol. The number of thiazole rings is 1. The molecule has 98 valence electrons. The van der Waals surface area contributed by atoms with Crippen LogP contribution in [-0.4, -0.2) is 36.6 Å². The summed E-state index contributed by atoms with van der Waals surface area (Å²) >= 11 is 1.30. The number of rotatable bonds is 4. The number of aliphatic imine (C=N–C) groups is 1. The molecule has 0 amide bonds. The zero-order valence-corrected chi connectivity index (χ0v) is 11.9. The molecule has 0 aliphatic heterocycles. The second kappa shape index (κ2) is 5.75. The third-order valence-corrected chi connectivity index (χ3v) is 3.36. The van der Waals surface area contributed by atoms with Crippen LogP contribution in [0.3, 0.4) is 0 Å². The fraction of sp³-hybridized carbons (Fsp3) is 0.214. The molecule has 1 heterocycles. The van der Waals surface area contributed by atoms with Gasteiger partial charge in [0.25, 0.3) is 0 Å². The van der Waals surface area contributed by atoms with Gasteiger partial charge in [-0.2, -0.15) is 0 Å². The second-order valence-electron chi connectivity index (χ2n) is 4.40. The summed E-state index contributed by atoms with van der Waals surface area (Å²) in [6.07, 6.45) is 2.51. The van der Waals surface area contributed by atoms with Crippen molar-refractivity contribution in [2.75, 3.05) is 14.1 Å². The van der Waals surface area contributed by atoms with E-state index in [1.165, 1.54) is 16.9 Å². The van der Waals surface area contributed by atoms with Gasteiger partial charge in [-0.1, -0.05) is 41.2 Å². The van der Waals surface area contributed by atoms with Gasteiger partial charge < -0.3 is 4.90 Å². The summed E-state index contributed by atoms with van der Waals surface area (Å²) in [6.45, 7) is 2.03. The van der Waals surface area contributed by atoms with Crippen LogP contribution in [0.5, 0.6) is 0 Å². The normalized spacial score (nSPS) is 10.9. The molecule has 0 aliphatic carbocycles. The van der Waals surface area contributed by atoms with Crippen molar-refractivity contribution < 1.29 is 4.79 Å². The van der Waals surface area contributed by atoms with E-state index < -0.39 is 0 Å². The number of hydrogen-bond donors (Lipinski definition) is 0.